The molecule has 1 aromatic heterocycles. The first-order valence-electron chi connectivity index (χ1n) is 11.2. The van der Waals surface area contributed by atoms with Gasteiger partial charge < -0.3 is 19.9 Å². The van der Waals surface area contributed by atoms with E-state index >= 15 is 0 Å². The molecule has 3 aromatic rings. The summed E-state index contributed by atoms with van der Waals surface area (Å²) in [5, 5.41) is 3.59. The van der Waals surface area contributed by atoms with Crippen LogP contribution in [0.25, 0.3) is 0 Å². The summed E-state index contributed by atoms with van der Waals surface area (Å²) in [6.45, 7) is 2.26. The van der Waals surface area contributed by atoms with E-state index in [-0.39, 0.29) is 23.9 Å². The van der Waals surface area contributed by atoms with Gasteiger partial charge in [0.05, 0.1) is 13.2 Å². The third-order valence-electron chi connectivity index (χ3n) is 5.63. The molecule has 0 spiro atoms. The second-order valence-electron chi connectivity index (χ2n) is 8.23. The number of aryl methyl sites for hydroxylation is 1. The predicted octanol–water partition coefficient (Wildman–Crippen LogP) is 3.73. The van der Waals surface area contributed by atoms with Crippen LogP contribution in [0.4, 0.5) is 0 Å². The Morgan fingerprint density at radius 1 is 1.15 bits per heavy atom. The number of thioether (sulfide) groups is 1. The van der Waals surface area contributed by atoms with Crippen molar-refractivity contribution in [2.75, 3.05) is 27.7 Å². The number of aromatic nitrogens is 2. The number of hydrogen-bond donors (Lipinski definition) is 2. The van der Waals surface area contributed by atoms with E-state index in [2.05, 4.69) is 15.3 Å². The fraction of sp³-hybridized carbons (Fsp3) is 0.346. The number of nitrogens with one attached hydrogen (secondary N) is 2. The average molecular weight is 481 g/mol. The van der Waals surface area contributed by atoms with Gasteiger partial charge in [-0.15, -0.1) is 0 Å². The zero-order chi connectivity index (χ0) is 24.5. The molecule has 1 amide bonds. The van der Waals surface area contributed by atoms with Crippen LogP contribution in [-0.2, 0) is 17.0 Å². The maximum absolute atomic E-state index is 12.6. The predicted molar refractivity (Wildman–Crippen MR) is 136 cm³/mol. The monoisotopic (exact) mass is 480 g/mol. The van der Waals surface area contributed by atoms with Crippen LogP contribution in [0.1, 0.15) is 34.8 Å². The minimum Gasteiger partial charge on any atom is -0.496 e. The van der Waals surface area contributed by atoms with Crippen LogP contribution in [0.5, 0.6) is 5.75 Å². The second-order valence-corrected chi connectivity index (χ2v) is 9.20. The Bertz CT molecular complexity index is 1150. The van der Waals surface area contributed by atoms with Gasteiger partial charge in [-0.3, -0.25) is 9.59 Å². The number of ether oxygens (including phenoxy) is 1. The van der Waals surface area contributed by atoms with Gasteiger partial charge in [0.25, 0.3) is 5.56 Å². The lowest BCUT2D eigenvalue weighted by Gasteiger charge is -2.26. The Balaban J connectivity index is 1.57. The van der Waals surface area contributed by atoms with Crippen LogP contribution in [-0.4, -0.2) is 48.5 Å². The number of benzene rings is 2. The number of carbonyl (C=O) groups excluding carboxylic acids is 1. The number of rotatable bonds is 11. The number of aromatic amines is 1. The maximum Gasteiger partial charge on any atom is 0.254 e. The largest absolute Gasteiger partial charge is 0.496 e. The third kappa shape index (κ3) is 6.95. The highest BCUT2D eigenvalue weighted by Crippen LogP contribution is 2.27. The number of methoxy groups -OCH3 is 1. The molecule has 0 aliphatic carbocycles. The molecular formula is C26H32N4O3S. The van der Waals surface area contributed by atoms with Gasteiger partial charge >= 0.3 is 0 Å². The van der Waals surface area contributed by atoms with Crippen LogP contribution >= 0.6 is 11.8 Å². The van der Waals surface area contributed by atoms with Crippen molar-refractivity contribution in [2.24, 2.45) is 0 Å². The molecule has 0 bridgehead atoms. The molecule has 1 heterocycles. The molecule has 2 aromatic carbocycles. The van der Waals surface area contributed by atoms with Gasteiger partial charge in [-0.25, -0.2) is 4.98 Å². The number of para-hydroxylation sites is 1. The third-order valence-corrected chi connectivity index (χ3v) is 6.58. The first-order chi connectivity index (χ1) is 16.4. The first kappa shape index (κ1) is 25.5. The Morgan fingerprint density at radius 3 is 2.53 bits per heavy atom. The van der Waals surface area contributed by atoms with Crippen molar-refractivity contribution in [3.05, 3.63) is 87.3 Å². The molecule has 2 N–H and O–H groups in total. The van der Waals surface area contributed by atoms with Crippen LogP contribution in [0.3, 0.4) is 0 Å². The SMILES string of the molecule is COc1ccccc1[C@@H](CNC(=O)CCc1c(C)nc(SCc2ccccc2)[nH]c1=O)N(C)C. The van der Waals surface area contributed by atoms with Crippen molar-refractivity contribution in [3.8, 4) is 5.75 Å². The highest BCUT2D eigenvalue weighted by atomic mass is 32.2. The summed E-state index contributed by atoms with van der Waals surface area (Å²) in [6, 6.07) is 17.8. The fourth-order valence-corrected chi connectivity index (χ4v) is 4.59. The van der Waals surface area contributed by atoms with Crippen molar-refractivity contribution >= 4 is 17.7 Å². The van der Waals surface area contributed by atoms with Crippen molar-refractivity contribution in [3.63, 3.8) is 0 Å². The van der Waals surface area contributed by atoms with E-state index in [9.17, 15) is 9.59 Å². The zero-order valence-corrected chi connectivity index (χ0v) is 20.9. The van der Waals surface area contributed by atoms with Gasteiger partial charge in [-0.2, -0.15) is 0 Å². The minimum atomic E-state index is -0.184. The van der Waals surface area contributed by atoms with Gasteiger partial charge in [0.15, 0.2) is 5.16 Å². The lowest BCUT2D eigenvalue weighted by Crippen LogP contribution is -2.35. The zero-order valence-electron chi connectivity index (χ0n) is 20.1. The highest BCUT2D eigenvalue weighted by Gasteiger charge is 2.19. The van der Waals surface area contributed by atoms with Gasteiger partial charge in [-0.1, -0.05) is 60.3 Å². The van der Waals surface area contributed by atoms with Gasteiger partial charge in [0.1, 0.15) is 5.75 Å². The molecule has 34 heavy (non-hydrogen) atoms. The molecule has 1 atom stereocenters. The van der Waals surface area contributed by atoms with Crippen molar-refractivity contribution in [1.29, 1.82) is 0 Å². The highest BCUT2D eigenvalue weighted by molar-refractivity contribution is 7.98. The maximum atomic E-state index is 12.6. The number of H-pyrrole nitrogens is 1. The Hall–Kier alpha value is -3.10. The number of amides is 1. The van der Waals surface area contributed by atoms with E-state index in [1.54, 1.807) is 7.11 Å². The van der Waals surface area contributed by atoms with Crippen LogP contribution in [0.2, 0.25) is 0 Å². The summed E-state index contributed by atoms with van der Waals surface area (Å²) < 4.78 is 5.48. The molecule has 7 nitrogen and oxygen atoms in total. The number of likely N-dealkylation sites (N-methyl/N-ethyl adjacent to an activating group) is 1. The van der Waals surface area contributed by atoms with E-state index < -0.39 is 0 Å². The summed E-state index contributed by atoms with van der Waals surface area (Å²) in [5.41, 5.74) is 3.20. The summed E-state index contributed by atoms with van der Waals surface area (Å²) in [5.74, 6) is 1.40. The van der Waals surface area contributed by atoms with Crippen molar-refractivity contribution in [1.82, 2.24) is 20.2 Å². The Kier molecular flexibility index (Phi) is 9.30. The van der Waals surface area contributed by atoms with Gasteiger partial charge in [-0.05, 0) is 39.1 Å². The van der Waals surface area contributed by atoms with Gasteiger partial charge in [0.2, 0.25) is 5.91 Å². The number of hydrogen-bond acceptors (Lipinski definition) is 6. The molecule has 0 aliphatic rings. The number of nitrogens with zero attached hydrogens (tertiary/aromatic N) is 2. The molecule has 3 rings (SSSR count). The van der Waals surface area contributed by atoms with Gasteiger partial charge in [0, 0.05) is 35.5 Å². The summed E-state index contributed by atoms with van der Waals surface area (Å²) in [4.78, 5) is 34.7. The normalized spacial score (nSPS) is 11.9. The topological polar surface area (TPSA) is 87.3 Å². The van der Waals surface area contributed by atoms with Crippen LogP contribution in [0.15, 0.2) is 64.5 Å². The standard InChI is InChI=1S/C26H32N4O3S/c1-18-20(25(32)29-26(28-18)34-17-19-10-6-5-7-11-19)14-15-24(31)27-16-22(30(2)3)21-12-8-9-13-23(21)33-4/h5-13,22H,14-17H2,1-4H3,(H,27,31)(H,28,29,32)/t22-/m1/s1. The average Bonchev–Trinajstić information content (AvgIpc) is 2.83. The van der Waals surface area contributed by atoms with Crippen molar-refractivity contribution < 1.29 is 9.53 Å². The summed E-state index contributed by atoms with van der Waals surface area (Å²) in [7, 11) is 5.58. The molecule has 0 saturated carbocycles. The first-order valence-corrected chi connectivity index (χ1v) is 12.2. The molecule has 180 valence electrons. The number of carbonyl (C=O) groups is 1. The van der Waals surface area contributed by atoms with E-state index in [1.165, 1.54) is 11.8 Å². The summed E-state index contributed by atoms with van der Waals surface area (Å²) in [6.07, 6.45) is 0.555. The molecule has 0 aliphatic heterocycles. The molecule has 0 unspecified atom stereocenters. The van der Waals surface area contributed by atoms with E-state index in [0.717, 1.165) is 22.6 Å². The van der Waals surface area contributed by atoms with Crippen LogP contribution in [0, 0.1) is 6.92 Å². The van der Waals surface area contributed by atoms with E-state index in [0.29, 0.717) is 29.4 Å². The molecule has 0 saturated heterocycles. The van der Waals surface area contributed by atoms with E-state index in [1.807, 2.05) is 80.5 Å². The fourth-order valence-electron chi connectivity index (χ4n) is 3.72. The Morgan fingerprint density at radius 2 is 1.85 bits per heavy atom. The second kappa shape index (κ2) is 12.4. The lowest BCUT2D eigenvalue weighted by atomic mass is 10.0. The quantitative estimate of drug-likeness (QED) is 0.321. The molecular weight excluding hydrogens is 448 g/mol. The van der Waals surface area contributed by atoms with Crippen LogP contribution < -0.4 is 15.6 Å². The molecule has 0 radical (unpaired) electrons. The molecule has 0 fully saturated rings. The Labute approximate surface area is 205 Å². The smallest absolute Gasteiger partial charge is 0.254 e. The lowest BCUT2D eigenvalue weighted by molar-refractivity contribution is -0.121. The minimum absolute atomic E-state index is 0.0344. The summed E-state index contributed by atoms with van der Waals surface area (Å²) >= 11 is 1.49. The van der Waals surface area contributed by atoms with Crippen molar-refractivity contribution in [2.45, 2.75) is 36.7 Å². The molecule has 8 heteroatoms. The van der Waals surface area contributed by atoms with E-state index in [4.69, 9.17) is 4.74 Å².